The average molecular weight is 341 g/mol. The van der Waals surface area contributed by atoms with Crippen molar-refractivity contribution in [2.75, 3.05) is 46.5 Å². The summed E-state index contributed by atoms with van der Waals surface area (Å²) < 4.78 is 10.6. The van der Waals surface area contributed by atoms with Crippen molar-refractivity contribution in [3.05, 3.63) is 29.3 Å². The third-order valence-electron chi connectivity index (χ3n) is 3.99. The van der Waals surface area contributed by atoms with Gasteiger partial charge in [0.05, 0.1) is 24.7 Å². The van der Waals surface area contributed by atoms with Gasteiger partial charge in [-0.2, -0.15) is 0 Å². The highest BCUT2D eigenvalue weighted by atomic mass is 35.5. The molecule has 1 heterocycles. The lowest BCUT2D eigenvalue weighted by atomic mass is 10.1. The molecule has 2 rings (SSSR count). The summed E-state index contributed by atoms with van der Waals surface area (Å²) in [6, 6.07) is 7.27. The number of para-hydroxylation sites is 1. The first kappa shape index (κ1) is 18.0. The van der Waals surface area contributed by atoms with Crippen molar-refractivity contribution < 1.29 is 14.3 Å². The maximum Gasteiger partial charge on any atom is 0.223 e. The smallest absolute Gasteiger partial charge is 0.223 e. The minimum absolute atomic E-state index is 0.0207. The highest BCUT2D eigenvalue weighted by molar-refractivity contribution is 6.32. The van der Waals surface area contributed by atoms with Gasteiger partial charge in [-0.25, -0.2) is 0 Å². The average Bonchev–Trinajstić information content (AvgIpc) is 3.01. The molecule has 0 radical (unpaired) electrons. The van der Waals surface area contributed by atoms with Crippen LogP contribution in [0, 0.1) is 5.92 Å². The summed E-state index contributed by atoms with van der Waals surface area (Å²) >= 11 is 6.00. The third-order valence-corrected chi connectivity index (χ3v) is 4.31. The zero-order valence-electron chi connectivity index (χ0n) is 13.6. The number of benzene rings is 1. The van der Waals surface area contributed by atoms with Crippen LogP contribution in [0.2, 0.25) is 5.02 Å². The summed E-state index contributed by atoms with van der Waals surface area (Å²) in [4.78, 5) is 14.2. The number of carbonyl (C=O) groups is 1. The van der Waals surface area contributed by atoms with Gasteiger partial charge in [0, 0.05) is 26.7 Å². The minimum Gasteiger partial charge on any atom is -0.491 e. The number of methoxy groups -OCH3 is 1. The number of rotatable bonds is 9. The summed E-state index contributed by atoms with van der Waals surface area (Å²) in [7, 11) is 1.72. The van der Waals surface area contributed by atoms with Gasteiger partial charge in [0.25, 0.3) is 0 Å². The summed E-state index contributed by atoms with van der Waals surface area (Å²) in [5, 5.41) is 3.56. The van der Waals surface area contributed by atoms with E-state index in [1.54, 1.807) is 19.2 Å². The third kappa shape index (κ3) is 6.37. The molecule has 0 aromatic heterocycles. The van der Waals surface area contributed by atoms with Crippen LogP contribution in [0.1, 0.15) is 12.8 Å². The number of ether oxygens (including phenoxy) is 2. The fourth-order valence-corrected chi connectivity index (χ4v) is 2.86. The summed E-state index contributed by atoms with van der Waals surface area (Å²) in [6.07, 6.45) is 1.46. The lowest BCUT2D eigenvalue weighted by Gasteiger charge is -2.15. The Morgan fingerprint density at radius 3 is 3.00 bits per heavy atom. The van der Waals surface area contributed by atoms with Crippen LogP contribution in [0.4, 0.5) is 0 Å². The standard InChI is InChI=1S/C17H25ClN2O3/c1-22-11-9-20-8-6-14(13-20)12-19-17(21)7-10-23-16-5-3-2-4-15(16)18/h2-5,14H,6-13H2,1H3,(H,19,21). The van der Waals surface area contributed by atoms with E-state index in [2.05, 4.69) is 10.2 Å². The van der Waals surface area contributed by atoms with Crippen molar-refractivity contribution in [3.63, 3.8) is 0 Å². The van der Waals surface area contributed by atoms with E-state index in [0.717, 1.165) is 39.2 Å². The predicted molar refractivity (Wildman–Crippen MR) is 91.0 cm³/mol. The minimum atomic E-state index is 0.0207. The van der Waals surface area contributed by atoms with Gasteiger partial charge in [-0.1, -0.05) is 23.7 Å². The lowest BCUT2D eigenvalue weighted by Crippen LogP contribution is -2.32. The molecule has 23 heavy (non-hydrogen) atoms. The number of hydrogen-bond donors (Lipinski definition) is 1. The number of hydrogen-bond acceptors (Lipinski definition) is 4. The predicted octanol–water partition coefficient (Wildman–Crippen LogP) is 2.19. The van der Waals surface area contributed by atoms with Crippen LogP contribution in [0.15, 0.2) is 24.3 Å². The second-order valence-corrected chi connectivity index (χ2v) is 6.19. The molecule has 0 saturated carbocycles. The van der Waals surface area contributed by atoms with Gasteiger partial charge in [-0.15, -0.1) is 0 Å². The van der Waals surface area contributed by atoms with Crippen LogP contribution in [-0.4, -0.2) is 57.3 Å². The monoisotopic (exact) mass is 340 g/mol. The number of amides is 1. The van der Waals surface area contributed by atoms with Crippen molar-refractivity contribution in [1.82, 2.24) is 10.2 Å². The maximum absolute atomic E-state index is 11.9. The molecule has 1 aliphatic rings. The summed E-state index contributed by atoms with van der Waals surface area (Å²) in [6.45, 7) is 4.90. The maximum atomic E-state index is 11.9. The molecule has 1 N–H and O–H groups in total. The van der Waals surface area contributed by atoms with E-state index in [1.165, 1.54) is 0 Å². The molecular weight excluding hydrogens is 316 g/mol. The van der Waals surface area contributed by atoms with Crippen molar-refractivity contribution in [2.24, 2.45) is 5.92 Å². The molecule has 1 saturated heterocycles. The number of likely N-dealkylation sites (tertiary alicyclic amines) is 1. The van der Waals surface area contributed by atoms with Crippen LogP contribution in [0.25, 0.3) is 0 Å². The van der Waals surface area contributed by atoms with Crippen molar-refractivity contribution in [1.29, 1.82) is 0 Å². The van der Waals surface area contributed by atoms with Gasteiger partial charge in [0.1, 0.15) is 5.75 Å². The molecule has 5 nitrogen and oxygen atoms in total. The van der Waals surface area contributed by atoms with Gasteiger partial charge < -0.3 is 19.7 Å². The van der Waals surface area contributed by atoms with Crippen LogP contribution in [0.3, 0.4) is 0 Å². The first-order valence-electron chi connectivity index (χ1n) is 8.04. The van der Waals surface area contributed by atoms with Gasteiger partial charge >= 0.3 is 0 Å². The summed E-state index contributed by atoms with van der Waals surface area (Å²) in [5.41, 5.74) is 0. The van der Waals surface area contributed by atoms with E-state index in [4.69, 9.17) is 21.1 Å². The van der Waals surface area contributed by atoms with Crippen LogP contribution in [-0.2, 0) is 9.53 Å². The molecule has 1 aromatic carbocycles. The first-order valence-corrected chi connectivity index (χ1v) is 8.42. The van der Waals surface area contributed by atoms with Crippen LogP contribution < -0.4 is 10.1 Å². The highest BCUT2D eigenvalue weighted by Gasteiger charge is 2.22. The molecule has 0 aliphatic carbocycles. The molecule has 0 bridgehead atoms. The quantitative estimate of drug-likeness (QED) is 0.748. The van der Waals surface area contributed by atoms with Crippen molar-refractivity contribution in [2.45, 2.75) is 12.8 Å². The zero-order chi connectivity index (χ0) is 16.5. The lowest BCUT2D eigenvalue weighted by molar-refractivity contribution is -0.121. The first-order chi connectivity index (χ1) is 11.2. The van der Waals surface area contributed by atoms with Crippen LogP contribution >= 0.6 is 11.6 Å². The highest BCUT2D eigenvalue weighted by Crippen LogP contribution is 2.23. The van der Waals surface area contributed by atoms with Gasteiger partial charge in [0.2, 0.25) is 5.91 Å². The van der Waals surface area contributed by atoms with E-state index < -0.39 is 0 Å². The molecule has 1 unspecified atom stereocenters. The Hall–Kier alpha value is -1.30. The van der Waals surface area contributed by atoms with E-state index in [9.17, 15) is 4.79 Å². The summed E-state index contributed by atoms with van der Waals surface area (Å²) in [5.74, 6) is 1.17. The number of carbonyl (C=O) groups excluding carboxylic acids is 1. The Morgan fingerprint density at radius 1 is 1.39 bits per heavy atom. The van der Waals surface area contributed by atoms with Crippen molar-refractivity contribution in [3.8, 4) is 5.75 Å². The van der Waals surface area contributed by atoms with Gasteiger partial charge in [-0.05, 0) is 31.0 Å². The van der Waals surface area contributed by atoms with Gasteiger partial charge in [0.15, 0.2) is 0 Å². The van der Waals surface area contributed by atoms with E-state index in [1.807, 2.05) is 12.1 Å². The Balaban J connectivity index is 1.58. The molecule has 0 spiro atoms. The fourth-order valence-electron chi connectivity index (χ4n) is 2.66. The molecule has 1 aliphatic heterocycles. The zero-order valence-corrected chi connectivity index (χ0v) is 14.3. The van der Waals surface area contributed by atoms with E-state index in [-0.39, 0.29) is 5.91 Å². The number of nitrogens with zero attached hydrogens (tertiary/aromatic N) is 1. The Morgan fingerprint density at radius 2 is 2.22 bits per heavy atom. The molecule has 1 atom stereocenters. The topological polar surface area (TPSA) is 50.8 Å². The molecule has 1 fully saturated rings. The number of halogens is 1. The van der Waals surface area contributed by atoms with Crippen molar-refractivity contribution >= 4 is 17.5 Å². The second kappa shape index (κ2) is 9.75. The second-order valence-electron chi connectivity index (χ2n) is 5.78. The molecule has 1 amide bonds. The molecule has 6 heteroatoms. The normalized spacial score (nSPS) is 18.1. The fraction of sp³-hybridized carbons (Fsp3) is 0.588. The van der Waals surface area contributed by atoms with E-state index in [0.29, 0.717) is 29.7 Å². The Kier molecular flexibility index (Phi) is 7.65. The Labute approximate surface area is 142 Å². The SMILES string of the molecule is COCCN1CCC(CNC(=O)CCOc2ccccc2Cl)C1. The Bertz CT molecular complexity index is 498. The largest absolute Gasteiger partial charge is 0.491 e. The number of nitrogens with one attached hydrogen (secondary N) is 1. The molecule has 128 valence electrons. The van der Waals surface area contributed by atoms with E-state index >= 15 is 0 Å². The molecular formula is C17H25ClN2O3. The van der Waals surface area contributed by atoms with Crippen LogP contribution in [0.5, 0.6) is 5.75 Å². The van der Waals surface area contributed by atoms with Gasteiger partial charge in [-0.3, -0.25) is 4.79 Å². The molecule has 1 aromatic rings.